The van der Waals surface area contributed by atoms with Crippen molar-refractivity contribution >= 4 is 17.7 Å². The maximum atomic E-state index is 13.1. The molecule has 0 radical (unpaired) electrons. The van der Waals surface area contributed by atoms with Crippen molar-refractivity contribution in [3.63, 3.8) is 0 Å². The average Bonchev–Trinajstić information content (AvgIpc) is 3.52. The van der Waals surface area contributed by atoms with Gasteiger partial charge in [0.25, 0.3) is 5.91 Å². The molecule has 1 amide bonds. The fraction of sp³-hybridized carbons (Fsp3) is 0.286. The van der Waals surface area contributed by atoms with Gasteiger partial charge in [-0.25, -0.2) is 0 Å². The van der Waals surface area contributed by atoms with Gasteiger partial charge in [-0.1, -0.05) is 12.1 Å². The van der Waals surface area contributed by atoms with E-state index in [2.05, 4.69) is 11.4 Å². The molecule has 5 rings (SSSR count). The molecule has 2 aromatic carbocycles. The monoisotopic (exact) mass is 348 g/mol. The molecule has 1 fully saturated rings. The molecule has 1 saturated carbocycles. The topological polar surface area (TPSA) is 50.8 Å². The van der Waals surface area contributed by atoms with Crippen molar-refractivity contribution in [2.45, 2.75) is 25.0 Å². The molecule has 0 aromatic heterocycles. The molecule has 2 heterocycles. The van der Waals surface area contributed by atoms with Gasteiger partial charge in [-0.05, 0) is 43.2 Å². The van der Waals surface area contributed by atoms with Crippen molar-refractivity contribution in [1.29, 1.82) is 0 Å². The van der Waals surface area contributed by atoms with Gasteiger partial charge in [-0.2, -0.15) is 0 Å². The van der Waals surface area contributed by atoms with Crippen LogP contribution >= 0.6 is 0 Å². The lowest BCUT2D eigenvalue weighted by Crippen LogP contribution is -2.51. The van der Waals surface area contributed by atoms with E-state index < -0.39 is 0 Å². The minimum absolute atomic E-state index is 0.105. The van der Waals surface area contributed by atoms with E-state index in [9.17, 15) is 4.79 Å². The maximum Gasteiger partial charge on any atom is 0.258 e. The first-order chi connectivity index (χ1) is 12.7. The fourth-order valence-corrected chi connectivity index (χ4v) is 3.72. The molecule has 0 unspecified atom stereocenters. The van der Waals surface area contributed by atoms with E-state index in [4.69, 9.17) is 9.47 Å². The Balaban J connectivity index is 1.54. The molecule has 26 heavy (non-hydrogen) atoms. The summed E-state index contributed by atoms with van der Waals surface area (Å²) in [7, 11) is 1.65. The Kier molecular flexibility index (Phi) is 3.42. The number of benzene rings is 2. The number of hydrogen-bond donors (Lipinski definition) is 1. The number of rotatable bonds is 3. The van der Waals surface area contributed by atoms with Crippen LogP contribution in [-0.4, -0.2) is 36.7 Å². The summed E-state index contributed by atoms with van der Waals surface area (Å²) in [6.45, 7) is 0.455. The number of amides is 1. The van der Waals surface area contributed by atoms with Crippen molar-refractivity contribution in [3.8, 4) is 11.5 Å². The van der Waals surface area contributed by atoms with Crippen molar-refractivity contribution in [1.82, 2.24) is 4.90 Å². The summed E-state index contributed by atoms with van der Waals surface area (Å²) >= 11 is 0. The highest BCUT2D eigenvalue weighted by Crippen LogP contribution is 2.39. The number of anilines is 1. The van der Waals surface area contributed by atoms with Crippen LogP contribution in [0.5, 0.6) is 11.5 Å². The summed E-state index contributed by atoms with van der Waals surface area (Å²) < 4.78 is 11.2. The zero-order valence-electron chi connectivity index (χ0n) is 14.6. The standard InChI is InChI=1S/C21H20N2O3/c1-25-16-9-6-13-10-14(12-26-19(13)11-16)20-22-18-5-3-2-4-17(18)21(24)23(20)15-7-8-15/h2-6,9-11,15,20,22H,7-8,12H2,1H3/t20-/m1/s1. The lowest BCUT2D eigenvalue weighted by molar-refractivity contribution is 0.0688. The van der Waals surface area contributed by atoms with Gasteiger partial charge in [-0.3, -0.25) is 4.79 Å². The Morgan fingerprint density at radius 3 is 2.85 bits per heavy atom. The first-order valence-electron chi connectivity index (χ1n) is 8.94. The van der Waals surface area contributed by atoms with Crippen LogP contribution in [0, 0.1) is 0 Å². The van der Waals surface area contributed by atoms with Crippen LogP contribution in [0.2, 0.25) is 0 Å². The quantitative estimate of drug-likeness (QED) is 0.922. The predicted molar refractivity (Wildman–Crippen MR) is 99.5 cm³/mol. The van der Waals surface area contributed by atoms with Crippen LogP contribution in [0.1, 0.15) is 28.8 Å². The second kappa shape index (κ2) is 5.80. The van der Waals surface area contributed by atoms with Crippen molar-refractivity contribution < 1.29 is 14.3 Å². The lowest BCUT2D eigenvalue weighted by Gasteiger charge is -2.40. The highest BCUT2D eigenvalue weighted by atomic mass is 16.5. The molecular formula is C21H20N2O3. The number of nitrogens with zero attached hydrogens (tertiary/aromatic N) is 1. The molecule has 2 aliphatic heterocycles. The lowest BCUT2D eigenvalue weighted by atomic mass is 10.00. The fourth-order valence-electron chi connectivity index (χ4n) is 3.72. The average molecular weight is 348 g/mol. The number of fused-ring (bicyclic) bond motifs is 2. The SMILES string of the molecule is COc1ccc2c(c1)OCC([C@@H]1Nc3ccccc3C(=O)N1C1CC1)=C2. The van der Waals surface area contributed by atoms with Gasteiger partial charge in [-0.15, -0.1) is 0 Å². The normalized spacial score (nSPS) is 21.1. The van der Waals surface area contributed by atoms with Gasteiger partial charge in [0.2, 0.25) is 0 Å². The maximum absolute atomic E-state index is 13.1. The third kappa shape index (κ3) is 2.43. The van der Waals surface area contributed by atoms with Gasteiger partial charge >= 0.3 is 0 Å². The number of carbonyl (C=O) groups excluding carboxylic acids is 1. The zero-order valence-corrected chi connectivity index (χ0v) is 14.6. The van der Waals surface area contributed by atoms with Crippen LogP contribution in [0.15, 0.2) is 48.0 Å². The Bertz CT molecular complexity index is 917. The first kappa shape index (κ1) is 15.3. The summed E-state index contributed by atoms with van der Waals surface area (Å²) in [6.07, 6.45) is 4.09. The molecule has 0 spiro atoms. The molecule has 0 bridgehead atoms. The largest absolute Gasteiger partial charge is 0.497 e. The molecule has 1 N–H and O–H groups in total. The minimum atomic E-state index is -0.167. The van der Waals surface area contributed by atoms with Crippen LogP contribution in [0.3, 0.4) is 0 Å². The van der Waals surface area contributed by atoms with E-state index in [1.807, 2.05) is 47.4 Å². The molecule has 5 heteroatoms. The number of nitrogens with one attached hydrogen (secondary N) is 1. The van der Waals surface area contributed by atoms with Crippen molar-refractivity contribution in [3.05, 3.63) is 59.2 Å². The smallest absolute Gasteiger partial charge is 0.258 e. The Morgan fingerprint density at radius 1 is 1.19 bits per heavy atom. The Hall–Kier alpha value is -2.95. The van der Waals surface area contributed by atoms with E-state index in [0.29, 0.717) is 12.6 Å². The first-order valence-corrected chi connectivity index (χ1v) is 8.94. The van der Waals surface area contributed by atoms with Crippen LogP contribution in [0.25, 0.3) is 6.08 Å². The van der Waals surface area contributed by atoms with Crippen LogP contribution < -0.4 is 14.8 Å². The van der Waals surface area contributed by atoms with E-state index >= 15 is 0 Å². The summed E-state index contributed by atoms with van der Waals surface area (Å²) in [5, 5.41) is 3.55. The second-order valence-electron chi connectivity index (χ2n) is 6.95. The van der Waals surface area contributed by atoms with Gasteiger partial charge in [0.1, 0.15) is 24.3 Å². The Labute approximate surface area is 152 Å². The molecule has 0 saturated heterocycles. The number of hydrogen-bond acceptors (Lipinski definition) is 4. The summed E-state index contributed by atoms with van der Waals surface area (Å²) in [5.74, 6) is 1.70. The van der Waals surface area contributed by atoms with Crippen LogP contribution in [0.4, 0.5) is 5.69 Å². The third-order valence-electron chi connectivity index (χ3n) is 5.21. The molecular weight excluding hydrogens is 328 g/mol. The van der Waals surface area contributed by atoms with E-state index in [1.54, 1.807) is 7.11 Å². The van der Waals surface area contributed by atoms with Gasteiger partial charge in [0.05, 0.1) is 12.7 Å². The minimum Gasteiger partial charge on any atom is -0.497 e. The van der Waals surface area contributed by atoms with E-state index in [-0.39, 0.29) is 12.1 Å². The number of carbonyl (C=O) groups is 1. The Morgan fingerprint density at radius 2 is 2.04 bits per heavy atom. The molecule has 3 aliphatic rings. The third-order valence-corrected chi connectivity index (χ3v) is 5.21. The molecule has 1 atom stereocenters. The van der Waals surface area contributed by atoms with Crippen LogP contribution in [-0.2, 0) is 0 Å². The summed E-state index contributed by atoms with van der Waals surface area (Å²) in [4.78, 5) is 15.1. The molecule has 132 valence electrons. The number of para-hydroxylation sites is 1. The zero-order chi connectivity index (χ0) is 17.7. The van der Waals surface area contributed by atoms with Gasteiger partial charge < -0.3 is 19.7 Å². The summed E-state index contributed by atoms with van der Waals surface area (Å²) in [5.41, 5.74) is 3.72. The summed E-state index contributed by atoms with van der Waals surface area (Å²) in [6, 6.07) is 13.9. The predicted octanol–water partition coefficient (Wildman–Crippen LogP) is 3.53. The van der Waals surface area contributed by atoms with Crippen molar-refractivity contribution in [2.24, 2.45) is 0 Å². The highest BCUT2D eigenvalue weighted by Gasteiger charge is 2.43. The molecule has 1 aliphatic carbocycles. The molecule has 2 aromatic rings. The number of methoxy groups -OCH3 is 1. The highest BCUT2D eigenvalue weighted by molar-refractivity contribution is 6.02. The number of ether oxygens (including phenoxy) is 2. The van der Waals surface area contributed by atoms with E-state index in [1.165, 1.54) is 0 Å². The van der Waals surface area contributed by atoms with Crippen molar-refractivity contribution in [2.75, 3.05) is 19.0 Å². The second-order valence-corrected chi connectivity index (χ2v) is 6.95. The molecule has 5 nitrogen and oxygen atoms in total. The van der Waals surface area contributed by atoms with Gasteiger partial charge in [0, 0.05) is 28.9 Å². The van der Waals surface area contributed by atoms with Gasteiger partial charge in [0.15, 0.2) is 0 Å². The van der Waals surface area contributed by atoms with E-state index in [0.717, 1.165) is 46.7 Å².